The molecule has 1 aromatic rings. The number of rotatable bonds is 3. The van der Waals surface area contributed by atoms with E-state index >= 15 is 0 Å². The maximum atomic E-state index is 10.6. The van der Waals surface area contributed by atoms with Crippen molar-refractivity contribution in [1.82, 2.24) is 0 Å². The number of carboxylic acid groups (broad SMARTS) is 1. The van der Waals surface area contributed by atoms with Gasteiger partial charge in [-0.2, -0.15) is 0 Å². The zero-order valence-electron chi connectivity index (χ0n) is 9.00. The van der Waals surface area contributed by atoms with Crippen molar-refractivity contribution in [1.29, 1.82) is 0 Å². The Kier molecular flexibility index (Phi) is 3.19. The third-order valence-corrected chi connectivity index (χ3v) is 2.29. The smallest absolute Gasteiger partial charge is 0.307 e. The number of phenolic OH excluding ortho intramolecular Hbond substituents is 1. The fraction of sp³-hybridized carbons (Fsp3) is 0.364. The van der Waals surface area contributed by atoms with Crippen LogP contribution in [-0.2, 0) is 11.2 Å². The molecule has 1 aromatic carbocycles. The molecule has 0 aromatic heterocycles. The first-order chi connectivity index (χ1) is 6.97. The fourth-order valence-corrected chi connectivity index (χ4v) is 1.65. The molecule has 15 heavy (non-hydrogen) atoms. The molecule has 1 rings (SSSR count). The molecule has 0 heterocycles. The third kappa shape index (κ3) is 2.21. The summed E-state index contributed by atoms with van der Waals surface area (Å²) in [6.07, 6.45) is -0.183. The van der Waals surface area contributed by atoms with Crippen molar-refractivity contribution in [3.63, 3.8) is 0 Å². The van der Waals surface area contributed by atoms with Gasteiger partial charge in [-0.15, -0.1) is 0 Å². The lowest BCUT2D eigenvalue weighted by molar-refractivity contribution is -0.136. The number of aromatic hydroxyl groups is 1. The van der Waals surface area contributed by atoms with Gasteiger partial charge in [0.05, 0.1) is 13.5 Å². The molecule has 0 aliphatic carbocycles. The van der Waals surface area contributed by atoms with Gasteiger partial charge in [-0.05, 0) is 25.5 Å². The average Bonchev–Trinajstić information content (AvgIpc) is 2.14. The average molecular weight is 210 g/mol. The van der Waals surface area contributed by atoms with Gasteiger partial charge in [0.1, 0.15) is 11.5 Å². The van der Waals surface area contributed by atoms with Gasteiger partial charge >= 0.3 is 5.97 Å². The molecule has 0 radical (unpaired) electrons. The van der Waals surface area contributed by atoms with E-state index in [-0.39, 0.29) is 12.2 Å². The number of hydrogen-bond donors (Lipinski definition) is 2. The molecule has 0 spiro atoms. The Morgan fingerprint density at radius 3 is 2.53 bits per heavy atom. The molecule has 2 N–H and O–H groups in total. The van der Waals surface area contributed by atoms with E-state index in [2.05, 4.69) is 0 Å². The summed E-state index contributed by atoms with van der Waals surface area (Å²) < 4.78 is 5.11. The topological polar surface area (TPSA) is 66.8 Å². The van der Waals surface area contributed by atoms with E-state index in [1.165, 1.54) is 7.11 Å². The van der Waals surface area contributed by atoms with Gasteiger partial charge in [-0.1, -0.05) is 0 Å². The second kappa shape index (κ2) is 4.21. The Morgan fingerprint density at radius 1 is 1.47 bits per heavy atom. The van der Waals surface area contributed by atoms with Gasteiger partial charge < -0.3 is 14.9 Å². The van der Waals surface area contributed by atoms with E-state index in [0.717, 1.165) is 5.56 Å². The normalized spacial score (nSPS) is 10.1. The lowest BCUT2D eigenvalue weighted by Gasteiger charge is -2.13. The molecule has 0 amide bonds. The van der Waals surface area contributed by atoms with Crippen LogP contribution in [0.4, 0.5) is 0 Å². The molecule has 0 atom stereocenters. The van der Waals surface area contributed by atoms with Crippen molar-refractivity contribution in [3.8, 4) is 11.5 Å². The van der Waals surface area contributed by atoms with Crippen LogP contribution in [0.25, 0.3) is 0 Å². The minimum Gasteiger partial charge on any atom is -0.507 e. The number of methoxy groups -OCH3 is 1. The van der Waals surface area contributed by atoms with Crippen molar-refractivity contribution in [2.45, 2.75) is 20.3 Å². The van der Waals surface area contributed by atoms with Crippen LogP contribution in [0, 0.1) is 13.8 Å². The molecule has 0 saturated heterocycles. The van der Waals surface area contributed by atoms with Crippen LogP contribution in [0.15, 0.2) is 6.07 Å². The summed E-state index contributed by atoms with van der Waals surface area (Å²) in [5, 5.41) is 18.4. The highest BCUT2D eigenvalue weighted by molar-refractivity contribution is 5.72. The van der Waals surface area contributed by atoms with Crippen LogP contribution in [-0.4, -0.2) is 23.3 Å². The number of aliphatic carboxylic acids is 1. The molecule has 4 nitrogen and oxygen atoms in total. The lowest BCUT2D eigenvalue weighted by Crippen LogP contribution is -2.03. The highest BCUT2D eigenvalue weighted by Crippen LogP contribution is 2.33. The van der Waals surface area contributed by atoms with Gasteiger partial charge in [-0.3, -0.25) is 4.79 Å². The second-order valence-corrected chi connectivity index (χ2v) is 3.43. The number of phenols is 1. The zero-order chi connectivity index (χ0) is 11.6. The van der Waals surface area contributed by atoms with Crippen LogP contribution in [0.3, 0.4) is 0 Å². The van der Waals surface area contributed by atoms with Gasteiger partial charge in [0.25, 0.3) is 0 Å². The fourth-order valence-electron chi connectivity index (χ4n) is 1.65. The van der Waals surface area contributed by atoms with Crippen molar-refractivity contribution >= 4 is 5.97 Å². The largest absolute Gasteiger partial charge is 0.507 e. The summed E-state index contributed by atoms with van der Waals surface area (Å²) in [5.74, 6) is -0.365. The van der Waals surface area contributed by atoms with Crippen molar-refractivity contribution in [3.05, 3.63) is 22.8 Å². The molecule has 82 valence electrons. The van der Waals surface area contributed by atoms with Gasteiger partial charge in [0.2, 0.25) is 0 Å². The highest BCUT2D eigenvalue weighted by Gasteiger charge is 2.14. The van der Waals surface area contributed by atoms with Crippen LogP contribution in [0.1, 0.15) is 16.7 Å². The SMILES string of the molecule is COc1c(C)cc(CC(=O)O)c(O)c1C. The number of hydrogen-bond acceptors (Lipinski definition) is 3. The van der Waals surface area contributed by atoms with Crippen LogP contribution in [0.5, 0.6) is 11.5 Å². The van der Waals surface area contributed by atoms with Gasteiger partial charge in [-0.25, -0.2) is 0 Å². The van der Waals surface area contributed by atoms with Crippen LogP contribution in [0.2, 0.25) is 0 Å². The predicted octanol–water partition coefficient (Wildman–Crippen LogP) is 1.64. The van der Waals surface area contributed by atoms with E-state index in [9.17, 15) is 9.90 Å². The lowest BCUT2D eigenvalue weighted by atomic mass is 10.0. The van der Waals surface area contributed by atoms with E-state index in [0.29, 0.717) is 16.9 Å². The number of benzene rings is 1. The molecule has 0 unspecified atom stereocenters. The van der Waals surface area contributed by atoms with E-state index in [1.54, 1.807) is 13.0 Å². The minimum atomic E-state index is -0.964. The summed E-state index contributed by atoms with van der Waals surface area (Å²) in [7, 11) is 1.52. The first-order valence-electron chi connectivity index (χ1n) is 4.55. The van der Waals surface area contributed by atoms with Crippen molar-refractivity contribution in [2.24, 2.45) is 0 Å². The predicted molar refractivity (Wildman–Crippen MR) is 55.5 cm³/mol. The Bertz CT molecular complexity index is 396. The maximum Gasteiger partial charge on any atom is 0.307 e. The van der Waals surface area contributed by atoms with Crippen LogP contribution >= 0.6 is 0 Å². The number of aryl methyl sites for hydroxylation is 1. The minimum absolute atomic E-state index is 0.000139. The summed E-state index contributed by atoms with van der Waals surface area (Å²) >= 11 is 0. The molecular formula is C11H14O4. The van der Waals surface area contributed by atoms with Crippen molar-refractivity contribution < 1.29 is 19.7 Å². The summed E-state index contributed by atoms with van der Waals surface area (Å²) in [4.78, 5) is 10.6. The Balaban J connectivity index is 3.27. The van der Waals surface area contributed by atoms with E-state index in [4.69, 9.17) is 9.84 Å². The number of ether oxygens (including phenoxy) is 1. The monoisotopic (exact) mass is 210 g/mol. The summed E-state index contributed by atoms with van der Waals surface area (Å²) in [6, 6.07) is 1.63. The quantitative estimate of drug-likeness (QED) is 0.796. The second-order valence-electron chi connectivity index (χ2n) is 3.43. The summed E-state index contributed by atoms with van der Waals surface area (Å²) in [6.45, 7) is 3.52. The molecule has 0 bridgehead atoms. The van der Waals surface area contributed by atoms with Gasteiger partial charge in [0, 0.05) is 11.1 Å². The number of carboxylic acids is 1. The molecule has 0 aliphatic rings. The van der Waals surface area contributed by atoms with E-state index < -0.39 is 5.97 Å². The first-order valence-corrected chi connectivity index (χ1v) is 4.55. The Labute approximate surface area is 88.1 Å². The Hall–Kier alpha value is -1.71. The Morgan fingerprint density at radius 2 is 2.07 bits per heavy atom. The molecule has 4 heteroatoms. The van der Waals surface area contributed by atoms with Gasteiger partial charge in [0.15, 0.2) is 0 Å². The molecule has 0 saturated carbocycles. The summed E-state index contributed by atoms with van der Waals surface area (Å²) in [5.41, 5.74) is 1.82. The first kappa shape index (κ1) is 11.4. The van der Waals surface area contributed by atoms with Crippen molar-refractivity contribution in [2.75, 3.05) is 7.11 Å². The number of carbonyl (C=O) groups is 1. The molecule has 0 aliphatic heterocycles. The van der Waals surface area contributed by atoms with Crippen LogP contribution < -0.4 is 4.74 Å². The molecule has 0 fully saturated rings. The highest BCUT2D eigenvalue weighted by atomic mass is 16.5. The van der Waals surface area contributed by atoms with E-state index in [1.807, 2.05) is 6.92 Å². The maximum absolute atomic E-state index is 10.6. The standard InChI is InChI=1S/C11H14O4/c1-6-4-8(5-9(12)13)10(14)7(2)11(6)15-3/h4,14H,5H2,1-3H3,(H,12,13). The zero-order valence-corrected chi connectivity index (χ0v) is 9.00. The third-order valence-electron chi connectivity index (χ3n) is 2.29. The molecular weight excluding hydrogens is 196 g/mol.